The fraction of sp³-hybridized carbons (Fsp3) is 0.583. The Balaban J connectivity index is 1.50. The van der Waals surface area contributed by atoms with Crippen molar-refractivity contribution in [2.75, 3.05) is 26.2 Å². The van der Waals surface area contributed by atoms with Gasteiger partial charge in [0.1, 0.15) is 5.76 Å². The summed E-state index contributed by atoms with van der Waals surface area (Å²) in [6.45, 7) is 16.8. The van der Waals surface area contributed by atoms with Gasteiger partial charge in [0.05, 0.1) is 29.4 Å². The van der Waals surface area contributed by atoms with Crippen LogP contribution in [0.15, 0.2) is 16.7 Å². The zero-order chi connectivity index (χ0) is 23.0. The van der Waals surface area contributed by atoms with Gasteiger partial charge in [0.25, 0.3) is 5.91 Å². The van der Waals surface area contributed by atoms with E-state index in [4.69, 9.17) is 4.42 Å². The molecule has 0 spiro atoms. The molecule has 4 heterocycles. The van der Waals surface area contributed by atoms with E-state index >= 15 is 0 Å². The van der Waals surface area contributed by atoms with Crippen LogP contribution in [0.4, 0.5) is 0 Å². The van der Waals surface area contributed by atoms with Crippen LogP contribution in [0.3, 0.4) is 0 Å². The summed E-state index contributed by atoms with van der Waals surface area (Å²) >= 11 is 0. The molecule has 172 valence electrons. The monoisotopic (exact) mass is 438 g/mol. The molecule has 0 unspecified atom stereocenters. The van der Waals surface area contributed by atoms with Crippen LogP contribution >= 0.6 is 0 Å². The minimum absolute atomic E-state index is 0.0506. The molecule has 0 atom stereocenters. The number of rotatable bonds is 4. The highest BCUT2D eigenvalue weighted by Gasteiger charge is 2.26. The van der Waals surface area contributed by atoms with Crippen molar-refractivity contribution in [1.29, 1.82) is 0 Å². The Morgan fingerprint density at radius 3 is 2.62 bits per heavy atom. The lowest BCUT2D eigenvalue weighted by molar-refractivity contribution is 0.0762. The lowest BCUT2D eigenvalue weighted by atomic mass is 9.94. The number of fused-ring (bicyclic) bond motifs is 1. The number of aromatic nitrogens is 4. The van der Waals surface area contributed by atoms with E-state index in [-0.39, 0.29) is 11.3 Å². The smallest absolute Gasteiger partial charge is 0.254 e. The number of carbonyl (C=O) groups excluding carboxylic acids is 1. The fourth-order valence-electron chi connectivity index (χ4n) is 4.29. The molecular formula is C24H34N6O2. The molecule has 3 aromatic heterocycles. The van der Waals surface area contributed by atoms with Gasteiger partial charge >= 0.3 is 0 Å². The van der Waals surface area contributed by atoms with Gasteiger partial charge < -0.3 is 9.32 Å². The van der Waals surface area contributed by atoms with Crippen molar-refractivity contribution in [3.8, 4) is 0 Å². The number of pyridine rings is 1. The molecule has 0 radical (unpaired) electrons. The minimum Gasteiger partial charge on any atom is -0.444 e. The number of hydrogen-bond acceptors (Lipinski definition) is 6. The highest BCUT2D eigenvalue weighted by molar-refractivity contribution is 6.06. The van der Waals surface area contributed by atoms with Gasteiger partial charge in [-0.1, -0.05) is 20.8 Å². The first-order valence-electron chi connectivity index (χ1n) is 11.5. The third-order valence-electron chi connectivity index (χ3n) is 6.06. The Kier molecular flexibility index (Phi) is 6.07. The average molecular weight is 439 g/mol. The van der Waals surface area contributed by atoms with Gasteiger partial charge in [0, 0.05) is 43.8 Å². The predicted molar refractivity (Wildman–Crippen MR) is 124 cm³/mol. The zero-order valence-electron chi connectivity index (χ0n) is 20.1. The number of aryl methyl sites for hydroxylation is 3. The van der Waals surface area contributed by atoms with Crippen LogP contribution in [0.25, 0.3) is 11.0 Å². The van der Waals surface area contributed by atoms with Crippen LogP contribution in [0.1, 0.15) is 67.5 Å². The fourth-order valence-corrected chi connectivity index (χ4v) is 4.29. The first-order valence-corrected chi connectivity index (χ1v) is 11.5. The largest absolute Gasteiger partial charge is 0.444 e. The maximum absolute atomic E-state index is 13.6. The molecule has 0 bridgehead atoms. The van der Waals surface area contributed by atoms with Gasteiger partial charge in [-0.15, -0.1) is 0 Å². The second kappa shape index (κ2) is 8.65. The Labute approximate surface area is 189 Å². The van der Waals surface area contributed by atoms with Crippen molar-refractivity contribution in [3.63, 3.8) is 0 Å². The van der Waals surface area contributed by atoms with Gasteiger partial charge in [-0.25, -0.2) is 14.6 Å². The van der Waals surface area contributed by atoms with Crippen molar-refractivity contribution in [2.24, 2.45) is 0 Å². The van der Waals surface area contributed by atoms with Gasteiger partial charge in [-0.2, -0.15) is 5.10 Å². The Morgan fingerprint density at radius 1 is 1.16 bits per heavy atom. The summed E-state index contributed by atoms with van der Waals surface area (Å²) in [5, 5.41) is 5.47. The molecule has 3 aromatic rings. The quantitative estimate of drug-likeness (QED) is 0.618. The normalized spacial score (nSPS) is 16.0. The van der Waals surface area contributed by atoms with Gasteiger partial charge in [-0.3, -0.25) is 9.69 Å². The number of carbonyl (C=O) groups is 1. The Morgan fingerprint density at radius 2 is 1.94 bits per heavy atom. The molecule has 1 saturated heterocycles. The van der Waals surface area contributed by atoms with E-state index in [1.807, 2.05) is 42.6 Å². The minimum atomic E-state index is -0.0506. The van der Waals surface area contributed by atoms with Crippen LogP contribution in [0.2, 0.25) is 0 Å². The lowest BCUT2D eigenvalue weighted by Crippen LogP contribution is -2.35. The van der Waals surface area contributed by atoms with Crippen molar-refractivity contribution in [2.45, 2.75) is 66.5 Å². The summed E-state index contributed by atoms with van der Waals surface area (Å²) in [5.41, 5.74) is 3.15. The first-order chi connectivity index (χ1) is 15.2. The van der Waals surface area contributed by atoms with Gasteiger partial charge in [-0.05, 0) is 33.3 Å². The molecule has 1 aliphatic rings. The van der Waals surface area contributed by atoms with Crippen LogP contribution in [0, 0.1) is 13.8 Å². The van der Waals surface area contributed by atoms with Crippen LogP contribution < -0.4 is 0 Å². The third kappa shape index (κ3) is 4.41. The van der Waals surface area contributed by atoms with Crippen molar-refractivity contribution in [1.82, 2.24) is 29.5 Å². The van der Waals surface area contributed by atoms with E-state index < -0.39 is 0 Å². The van der Waals surface area contributed by atoms with Crippen molar-refractivity contribution < 1.29 is 9.21 Å². The molecule has 1 fully saturated rings. The number of amides is 1. The standard InChI is InChI=1S/C24H34N6O2/c1-7-30-22-21(17(3)27-30)18(13-16(2)26-22)23(31)29-10-8-9-28(11-12-29)15-20-25-14-19(32-20)24(4,5)6/h13-14H,7-12,15H2,1-6H3. The maximum Gasteiger partial charge on any atom is 0.254 e. The SMILES string of the molecule is CCn1nc(C)c2c(C(=O)N3CCCN(Cc4ncc(C(C)(C)C)o4)CC3)cc(C)nc21. The number of oxazole rings is 1. The van der Waals surface area contributed by atoms with Gasteiger partial charge in [0.2, 0.25) is 5.89 Å². The highest BCUT2D eigenvalue weighted by atomic mass is 16.4. The summed E-state index contributed by atoms with van der Waals surface area (Å²) < 4.78 is 7.85. The Hall–Kier alpha value is -2.74. The molecule has 0 aliphatic carbocycles. The summed E-state index contributed by atoms with van der Waals surface area (Å²) in [4.78, 5) is 27.0. The van der Waals surface area contributed by atoms with E-state index in [0.29, 0.717) is 18.7 Å². The molecule has 32 heavy (non-hydrogen) atoms. The average Bonchev–Trinajstić information content (AvgIpc) is 3.25. The summed E-state index contributed by atoms with van der Waals surface area (Å²) in [7, 11) is 0. The molecule has 0 N–H and O–H groups in total. The molecule has 1 amide bonds. The molecule has 4 rings (SSSR count). The number of hydrogen-bond donors (Lipinski definition) is 0. The molecule has 1 aliphatic heterocycles. The summed E-state index contributed by atoms with van der Waals surface area (Å²) in [6, 6.07) is 1.91. The second-order valence-corrected chi connectivity index (χ2v) is 9.70. The summed E-state index contributed by atoms with van der Waals surface area (Å²) in [5.74, 6) is 1.70. The van der Waals surface area contributed by atoms with E-state index in [9.17, 15) is 4.79 Å². The molecular weight excluding hydrogens is 404 g/mol. The molecule has 0 saturated carbocycles. The van der Waals surface area contributed by atoms with Crippen LogP contribution in [-0.2, 0) is 18.5 Å². The van der Waals surface area contributed by atoms with E-state index in [0.717, 1.165) is 66.7 Å². The summed E-state index contributed by atoms with van der Waals surface area (Å²) in [6.07, 6.45) is 2.75. The van der Waals surface area contributed by atoms with Crippen molar-refractivity contribution >= 4 is 16.9 Å². The van der Waals surface area contributed by atoms with E-state index in [1.54, 1.807) is 0 Å². The molecule has 0 aromatic carbocycles. The van der Waals surface area contributed by atoms with Crippen LogP contribution in [-0.4, -0.2) is 61.6 Å². The van der Waals surface area contributed by atoms with Crippen LogP contribution in [0.5, 0.6) is 0 Å². The first kappa shape index (κ1) is 22.5. The highest BCUT2D eigenvalue weighted by Crippen LogP contribution is 2.25. The molecule has 8 heteroatoms. The maximum atomic E-state index is 13.6. The second-order valence-electron chi connectivity index (χ2n) is 9.70. The predicted octanol–water partition coefficient (Wildman–Crippen LogP) is 3.70. The number of nitrogens with zero attached hydrogens (tertiary/aromatic N) is 6. The van der Waals surface area contributed by atoms with Gasteiger partial charge in [0.15, 0.2) is 5.65 Å². The topological polar surface area (TPSA) is 80.3 Å². The Bertz CT molecular complexity index is 1120. The van der Waals surface area contributed by atoms with E-state index in [1.165, 1.54) is 0 Å². The third-order valence-corrected chi connectivity index (χ3v) is 6.06. The molecule has 8 nitrogen and oxygen atoms in total. The van der Waals surface area contributed by atoms with Crippen molar-refractivity contribution in [3.05, 3.63) is 40.9 Å². The zero-order valence-corrected chi connectivity index (χ0v) is 20.1. The van der Waals surface area contributed by atoms with E-state index in [2.05, 4.69) is 40.7 Å². The lowest BCUT2D eigenvalue weighted by Gasteiger charge is -2.22.